The van der Waals surface area contributed by atoms with Gasteiger partial charge in [-0.25, -0.2) is 4.39 Å². The SMILES string of the molecule is CCCCCC1CCC(c2ccc(C3CCC(C4CCC(CCCOC(=O)C(C)(C)CO)CC4)CC3)c(F)c2)CC1. The summed E-state index contributed by atoms with van der Waals surface area (Å²) in [6.45, 7) is 6.00. The van der Waals surface area contributed by atoms with Crippen molar-refractivity contribution in [2.45, 2.75) is 148 Å². The number of rotatable bonds is 13. The Labute approximate surface area is 250 Å². The smallest absolute Gasteiger partial charge is 0.313 e. The predicted octanol–water partition coefficient (Wildman–Crippen LogP) is 10.1. The average Bonchev–Trinajstić information content (AvgIpc) is 3.00. The second kappa shape index (κ2) is 15.9. The Morgan fingerprint density at radius 2 is 1.39 bits per heavy atom. The second-order valence-electron chi connectivity index (χ2n) is 14.7. The minimum absolute atomic E-state index is 0.0575. The summed E-state index contributed by atoms with van der Waals surface area (Å²) in [5, 5.41) is 9.31. The standard InChI is InChI=1S/C37H59FO3/c1-4-5-6-8-27-12-16-31(17-13-27)33-22-23-34(35(38)25-33)32-20-18-30(19-21-32)29-14-10-28(11-15-29)9-7-24-41-36(40)37(2,3)26-39/h22-23,25,27-32,39H,4-21,24,26H2,1-3H3. The third-order valence-electron chi connectivity index (χ3n) is 11.3. The van der Waals surface area contributed by atoms with E-state index in [4.69, 9.17) is 4.74 Å². The van der Waals surface area contributed by atoms with Gasteiger partial charge < -0.3 is 9.84 Å². The zero-order chi connectivity index (χ0) is 29.2. The fourth-order valence-corrected chi connectivity index (χ4v) is 8.24. The van der Waals surface area contributed by atoms with Crippen LogP contribution in [0, 0.1) is 34.9 Å². The average molecular weight is 571 g/mol. The molecule has 3 fully saturated rings. The molecule has 0 radical (unpaired) electrons. The van der Waals surface area contributed by atoms with Gasteiger partial charge in [0, 0.05) is 0 Å². The molecule has 0 saturated heterocycles. The lowest BCUT2D eigenvalue weighted by Crippen LogP contribution is -2.30. The van der Waals surface area contributed by atoms with Crippen molar-refractivity contribution in [3.05, 3.63) is 35.1 Å². The summed E-state index contributed by atoms with van der Waals surface area (Å²) in [6, 6.07) is 6.32. The van der Waals surface area contributed by atoms with Crippen LogP contribution in [0.3, 0.4) is 0 Å². The van der Waals surface area contributed by atoms with Gasteiger partial charge in [0.05, 0.1) is 18.6 Å². The van der Waals surface area contributed by atoms with Gasteiger partial charge in [-0.2, -0.15) is 0 Å². The monoisotopic (exact) mass is 570 g/mol. The Hall–Kier alpha value is -1.42. The lowest BCUT2D eigenvalue weighted by molar-refractivity contribution is -0.156. The summed E-state index contributed by atoms with van der Waals surface area (Å²) in [4.78, 5) is 12.0. The van der Waals surface area contributed by atoms with Crippen LogP contribution in [0.1, 0.15) is 159 Å². The van der Waals surface area contributed by atoms with Crippen molar-refractivity contribution in [2.75, 3.05) is 13.2 Å². The van der Waals surface area contributed by atoms with Gasteiger partial charge in [0.25, 0.3) is 0 Å². The molecule has 0 heterocycles. The van der Waals surface area contributed by atoms with Crippen LogP contribution in [0.15, 0.2) is 18.2 Å². The predicted molar refractivity (Wildman–Crippen MR) is 166 cm³/mol. The molecule has 41 heavy (non-hydrogen) atoms. The maximum atomic E-state index is 15.4. The fraction of sp³-hybridized carbons (Fsp3) is 0.811. The first-order valence-electron chi connectivity index (χ1n) is 17.4. The van der Waals surface area contributed by atoms with Crippen molar-refractivity contribution >= 4 is 5.97 Å². The van der Waals surface area contributed by atoms with Crippen molar-refractivity contribution in [3.63, 3.8) is 0 Å². The number of benzene rings is 1. The van der Waals surface area contributed by atoms with E-state index in [0.717, 1.165) is 54.9 Å². The zero-order valence-corrected chi connectivity index (χ0v) is 26.5. The highest BCUT2D eigenvalue weighted by atomic mass is 19.1. The third kappa shape index (κ3) is 9.28. The molecule has 4 rings (SSSR count). The molecule has 0 bridgehead atoms. The first kappa shape index (κ1) is 32.5. The van der Waals surface area contributed by atoms with Gasteiger partial charge in [0.1, 0.15) is 5.82 Å². The van der Waals surface area contributed by atoms with Crippen LogP contribution in [-0.2, 0) is 9.53 Å². The van der Waals surface area contributed by atoms with Gasteiger partial charge in [-0.15, -0.1) is 0 Å². The topological polar surface area (TPSA) is 46.5 Å². The number of halogens is 1. The molecular weight excluding hydrogens is 511 g/mol. The molecule has 3 saturated carbocycles. The Morgan fingerprint density at radius 1 is 0.829 bits per heavy atom. The van der Waals surface area contributed by atoms with Gasteiger partial charge in [-0.1, -0.05) is 57.6 Å². The van der Waals surface area contributed by atoms with Crippen LogP contribution in [0.4, 0.5) is 4.39 Å². The number of unbranched alkanes of at least 4 members (excludes halogenated alkanes) is 2. The fourth-order valence-electron chi connectivity index (χ4n) is 8.24. The minimum atomic E-state index is -0.807. The number of hydrogen-bond acceptors (Lipinski definition) is 3. The number of esters is 1. The lowest BCUT2D eigenvalue weighted by atomic mass is 9.68. The highest BCUT2D eigenvalue weighted by Gasteiger charge is 2.33. The molecule has 0 aliphatic heterocycles. The molecule has 0 amide bonds. The first-order valence-corrected chi connectivity index (χ1v) is 17.4. The molecular formula is C37H59FO3. The van der Waals surface area contributed by atoms with E-state index in [1.54, 1.807) is 13.8 Å². The molecule has 0 atom stereocenters. The van der Waals surface area contributed by atoms with Gasteiger partial charge in [0.15, 0.2) is 0 Å². The molecule has 1 N–H and O–H groups in total. The maximum Gasteiger partial charge on any atom is 0.313 e. The summed E-state index contributed by atoms with van der Waals surface area (Å²) in [7, 11) is 0. The van der Waals surface area contributed by atoms with Crippen LogP contribution in [0.25, 0.3) is 0 Å². The van der Waals surface area contributed by atoms with E-state index in [1.165, 1.54) is 95.5 Å². The van der Waals surface area contributed by atoms with Crippen molar-refractivity contribution < 1.29 is 19.0 Å². The van der Waals surface area contributed by atoms with Gasteiger partial charge in [-0.3, -0.25) is 4.79 Å². The number of ether oxygens (including phenoxy) is 1. The van der Waals surface area contributed by atoms with E-state index in [1.807, 2.05) is 6.07 Å². The number of hydrogen-bond donors (Lipinski definition) is 1. The van der Waals surface area contributed by atoms with Crippen molar-refractivity contribution in [1.29, 1.82) is 0 Å². The molecule has 0 spiro atoms. The number of aliphatic hydroxyl groups excluding tert-OH is 1. The van der Waals surface area contributed by atoms with E-state index in [-0.39, 0.29) is 18.4 Å². The van der Waals surface area contributed by atoms with E-state index in [0.29, 0.717) is 18.4 Å². The van der Waals surface area contributed by atoms with E-state index in [9.17, 15) is 9.90 Å². The Kier molecular flexibility index (Phi) is 12.6. The van der Waals surface area contributed by atoms with Gasteiger partial charge >= 0.3 is 5.97 Å². The first-order chi connectivity index (χ1) is 19.8. The summed E-state index contributed by atoms with van der Waals surface area (Å²) in [5.41, 5.74) is 1.42. The van der Waals surface area contributed by atoms with Gasteiger partial charge in [0.2, 0.25) is 0 Å². The minimum Gasteiger partial charge on any atom is -0.465 e. The summed E-state index contributed by atoms with van der Waals surface area (Å²) < 4.78 is 20.8. The van der Waals surface area contributed by atoms with Crippen molar-refractivity contribution in [1.82, 2.24) is 0 Å². The largest absolute Gasteiger partial charge is 0.465 e. The number of carbonyl (C=O) groups is 1. The Balaban J connectivity index is 1.14. The second-order valence-corrected chi connectivity index (χ2v) is 14.7. The van der Waals surface area contributed by atoms with Crippen LogP contribution >= 0.6 is 0 Å². The summed E-state index contributed by atoms with van der Waals surface area (Å²) in [6.07, 6.45) is 22.6. The molecule has 1 aromatic rings. The van der Waals surface area contributed by atoms with Gasteiger partial charge in [-0.05, 0) is 144 Å². The zero-order valence-electron chi connectivity index (χ0n) is 26.5. The van der Waals surface area contributed by atoms with Crippen LogP contribution in [0.2, 0.25) is 0 Å². The molecule has 3 aliphatic rings. The molecule has 1 aromatic carbocycles. The molecule has 0 aromatic heterocycles. The highest BCUT2D eigenvalue weighted by molar-refractivity contribution is 5.75. The molecule has 3 nitrogen and oxygen atoms in total. The van der Waals surface area contributed by atoms with Crippen LogP contribution in [0.5, 0.6) is 0 Å². The molecule has 0 unspecified atom stereocenters. The van der Waals surface area contributed by atoms with Crippen LogP contribution in [-0.4, -0.2) is 24.3 Å². The summed E-state index contributed by atoms with van der Waals surface area (Å²) in [5.74, 6) is 3.99. The molecule has 232 valence electrons. The lowest BCUT2D eigenvalue weighted by Gasteiger charge is -2.38. The van der Waals surface area contributed by atoms with E-state index >= 15 is 4.39 Å². The normalized spacial score (nSPS) is 29.3. The van der Waals surface area contributed by atoms with Crippen molar-refractivity contribution in [3.8, 4) is 0 Å². The Morgan fingerprint density at radius 3 is 1.98 bits per heavy atom. The number of aliphatic hydroxyl groups is 1. The molecule has 3 aliphatic carbocycles. The summed E-state index contributed by atoms with van der Waals surface area (Å²) >= 11 is 0. The Bertz CT molecular complexity index is 918. The quantitative estimate of drug-likeness (QED) is 0.190. The highest BCUT2D eigenvalue weighted by Crippen LogP contribution is 2.45. The maximum absolute atomic E-state index is 15.4. The van der Waals surface area contributed by atoms with E-state index < -0.39 is 5.41 Å². The van der Waals surface area contributed by atoms with Crippen molar-refractivity contribution in [2.24, 2.45) is 29.1 Å². The number of carbonyl (C=O) groups excluding carboxylic acids is 1. The third-order valence-corrected chi connectivity index (χ3v) is 11.3. The van der Waals surface area contributed by atoms with E-state index in [2.05, 4.69) is 19.1 Å². The van der Waals surface area contributed by atoms with Crippen LogP contribution < -0.4 is 0 Å². The molecule has 4 heteroatoms.